The van der Waals surface area contributed by atoms with Gasteiger partial charge in [-0.3, -0.25) is 19.8 Å². The summed E-state index contributed by atoms with van der Waals surface area (Å²) in [6.45, 7) is 7.48. The molecule has 0 aromatic heterocycles. The average Bonchev–Trinajstić information content (AvgIpc) is 2.86. The van der Waals surface area contributed by atoms with Crippen LogP contribution in [0.5, 0.6) is 0 Å². The normalized spacial score (nSPS) is 14.5. The largest absolute Gasteiger partial charge is 0.381 e. The van der Waals surface area contributed by atoms with Crippen LogP contribution >= 0.6 is 0 Å². The number of nitro benzene ring substituents is 1. The van der Waals surface area contributed by atoms with Gasteiger partial charge in [-0.15, -0.1) is 0 Å². The number of rotatable bonds is 8. The minimum absolute atomic E-state index is 0.0920. The number of hydrogen-bond acceptors (Lipinski definition) is 6. The van der Waals surface area contributed by atoms with Crippen molar-refractivity contribution < 1.29 is 9.72 Å². The summed E-state index contributed by atoms with van der Waals surface area (Å²) in [5.41, 5.74) is 4.95. The third-order valence-corrected chi connectivity index (χ3v) is 6.33. The van der Waals surface area contributed by atoms with E-state index in [1.807, 2.05) is 30.3 Å². The van der Waals surface area contributed by atoms with Gasteiger partial charge in [0.05, 0.1) is 4.92 Å². The van der Waals surface area contributed by atoms with Gasteiger partial charge in [0.25, 0.3) is 11.6 Å². The maximum absolute atomic E-state index is 12.7. The Morgan fingerprint density at radius 1 is 0.914 bits per heavy atom. The molecule has 8 nitrogen and oxygen atoms in total. The molecule has 0 atom stereocenters. The lowest BCUT2D eigenvalue weighted by atomic mass is 10.1. The average molecular weight is 474 g/mol. The fraction of sp³-hybridized carbons (Fsp3) is 0.296. The van der Waals surface area contributed by atoms with Crippen molar-refractivity contribution in [3.63, 3.8) is 0 Å². The number of carbonyl (C=O) groups excluding carboxylic acids is 1. The quantitative estimate of drug-likeness (QED) is 0.369. The molecule has 1 fully saturated rings. The highest BCUT2D eigenvalue weighted by molar-refractivity contribution is 6.04. The Morgan fingerprint density at radius 3 is 2.20 bits per heavy atom. The number of nitro groups is 1. The van der Waals surface area contributed by atoms with Gasteiger partial charge in [0.2, 0.25) is 0 Å². The molecule has 8 heteroatoms. The summed E-state index contributed by atoms with van der Waals surface area (Å²) in [4.78, 5) is 28.2. The van der Waals surface area contributed by atoms with Gasteiger partial charge in [0.15, 0.2) is 0 Å². The van der Waals surface area contributed by atoms with Crippen molar-refractivity contribution in [2.24, 2.45) is 0 Å². The van der Waals surface area contributed by atoms with E-state index in [2.05, 4.69) is 39.6 Å². The lowest BCUT2D eigenvalue weighted by Gasteiger charge is -2.32. The molecule has 1 aliphatic rings. The van der Waals surface area contributed by atoms with E-state index in [1.165, 1.54) is 11.6 Å². The Labute approximate surface area is 205 Å². The molecule has 4 rings (SSSR count). The third-order valence-electron chi connectivity index (χ3n) is 6.33. The van der Waals surface area contributed by atoms with Gasteiger partial charge in [0.1, 0.15) is 0 Å². The number of likely N-dealkylation sites (N-methyl/N-ethyl adjacent to an activating group) is 1. The summed E-state index contributed by atoms with van der Waals surface area (Å²) < 4.78 is 0. The first-order valence-electron chi connectivity index (χ1n) is 11.8. The van der Waals surface area contributed by atoms with Crippen molar-refractivity contribution in [2.45, 2.75) is 20.0 Å². The Kier molecular flexibility index (Phi) is 7.74. The van der Waals surface area contributed by atoms with Gasteiger partial charge < -0.3 is 15.5 Å². The van der Waals surface area contributed by atoms with Crippen LogP contribution in [-0.4, -0.2) is 53.9 Å². The van der Waals surface area contributed by atoms with Gasteiger partial charge in [0, 0.05) is 67.8 Å². The van der Waals surface area contributed by atoms with Crippen LogP contribution in [0.4, 0.5) is 17.1 Å². The molecular weight excluding hydrogens is 442 g/mol. The van der Waals surface area contributed by atoms with Crippen molar-refractivity contribution in [3.05, 3.63) is 99.1 Å². The van der Waals surface area contributed by atoms with Gasteiger partial charge in [-0.05, 0) is 55.4 Å². The van der Waals surface area contributed by atoms with E-state index < -0.39 is 0 Å². The highest BCUT2D eigenvalue weighted by atomic mass is 16.6. The number of aryl methyl sites for hydroxylation is 1. The van der Waals surface area contributed by atoms with E-state index in [4.69, 9.17) is 0 Å². The predicted molar refractivity (Wildman–Crippen MR) is 139 cm³/mol. The molecule has 0 aliphatic carbocycles. The van der Waals surface area contributed by atoms with Crippen LogP contribution in [-0.2, 0) is 13.1 Å². The maximum atomic E-state index is 12.7. The molecule has 1 saturated heterocycles. The topological polar surface area (TPSA) is 90.8 Å². The SMILES string of the molecule is Cc1ccc(NCc2ccc(C(=O)Nc3ccc(CN4CCN(C)CC4)cc3)cc2)cc1[N+](=O)[O-]. The zero-order valence-corrected chi connectivity index (χ0v) is 20.2. The van der Waals surface area contributed by atoms with Crippen LogP contribution in [0, 0.1) is 17.0 Å². The summed E-state index contributed by atoms with van der Waals surface area (Å²) in [6.07, 6.45) is 0. The van der Waals surface area contributed by atoms with Crippen molar-refractivity contribution in [1.82, 2.24) is 9.80 Å². The molecule has 0 saturated carbocycles. The van der Waals surface area contributed by atoms with Crippen molar-refractivity contribution >= 4 is 23.0 Å². The molecule has 0 unspecified atom stereocenters. The molecule has 1 heterocycles. The van der Waals surface area contributed by atoms with Crippen molar-refractivity contribution in [1.29, 1.82) is 0 Å². The minimum atomic E-state index is -0.380. The number of amides is 1. The molecule has 3 aromatic carbocycles. The minimum Gasteiger partial charge on any atom is -0.381 e. The maximum Gasteiger partial charge on any atom is 0.274 e. The fourth-order valence-electron chi connectivity index (χ4n) is 4.06. The molecule has 0 bridgehead atoms. The van der Waals surface area contributed by atoms with E-state index >= 15 is 0 Å². The first-order chi connectivity index (χ1) is 16.9. The summed E-state index contributed by atoms with van der Waals surface area (Å²) in [6, 6.07) is 20.4. The Hall–Kier alpha value is -3.75. The molecular formula is C27H31N5O3. The second-order valence-corrected chi connectivity index (χ2v) is 9.04. The molecule has 0 spiro atoms. The smallest absolute Gasteiger partial charge is 0.274 e. The second-order valence-electron chi connectivity index (χ2n) is 9.04. The van der Waals surface area contributed by atoms with Gasteiger partial charge in [-0.25, -0.2) is 0 Å². The van der Waals surface area contributed by atoms with Crippen molar-refractivity contribution in [2.75, 3.05) is 43.9 Å². The summed E-state index contributed by atoms with van der Waals surface area (Å²) in [5.74, 6) is -0.162. The van der Waals surface area contributed by atoms with Crippen molar-refractivity contribution in [3.8, 4) is 0 Å². The molecule has 182 valence electrons. The van der Waals surface area contributed by atoms with E-state index in [1.54, 1.807) is 25.1 Å². The molecule has 1 amide bonds. The van der Waals surface area contributed by atoms with E-state index in [-0.39, 0.29) is 16.5 Å². The third kappa shape index (κ3) is 6.65. The zero-order chi connectivity index (χ0) is 24.8. The number of benzene rings is 3. The lowest BCUT2D eigenvalue weighted by molar-refractivity contribution is -0.385. The van der Waals surface area contributed by atoms with E-state index in [0.717, 1.165) is 44.0 Å². The molecule has 35 heavy (non-hydrogen) atoms. The van der Waals surface area contributed by atoms with Crippen LogP contribution in [0.3, 0.4) is 0 Å². The molecule has 3 aromatic rings. The Morgan fingerprint density at radius 2 is 1.54 bits per heavy atom. The van der Waals surface area contributed by atoms with Crippen LogP contribution in [0.1, 0.15) is 27.0 Å². The van der Waals surface area contributed by atoms with Crippen LogP contribution in [0.25, 0.3) is 0 Å². The molecule has 2 N–H and O–H groups in total. The van der Waals surface area contributed by atoms with Gasteiger partial charge >= 0.3 is 0 Å². The van der Waals surface area contributed by atoms with Crippen LogP contribution < -0.4 is 10.6 Å². The monoisotopic (exact) mass is 473 g/mol. The Balaban J connectivity index is 1.28. The first kappa shape index (κ1) is 24.4. The number of anilines is 2. The van der Waals surface area contributed by atoms with Crippen LogP contribution in [0.2, 0.25) is 0 Å². The number of nitrogens with one attached hydrogen (secondary N) is 2. The zero-order valence-electron chi connectivity index (χ0n) is 20.2. The predicted octanol–water partition coefficient (Wildman–Crippen LogP) is 4.52. The highest BCUT2D eigenvalue weighted by Crippen LogP contribution is 2.23. The standard InChI is InChI=1S/C27H31N5O3/c1-20-3-10-25(17-26(20)32(34)35)28-18-21-4-8-23(9-5-21)27(33)29-24-11-6-22(7-12-24)19-31-15-13-30(2)14-16-31/h3-12,17,28H,13-16,18-19H2,1-2H3,(H,29,33). The highest BCUT2D eigenvalue weighted by Gasteiger charge is 2.14. The first-order valence-corrected chi connectivity index (χ1v) is 11.8. The molecule has 0 radical (unpaired) electrons. The summed E-state index contributed by atoms with van der Waals surface area (Å²) >= 11 is 0. The van der Waals surface area contributed by atoms with E-state index in [9.17, 15) is 14.9 Å². The number of nitrogens with zero attached hydrogens (tertiary/aromatic N) is 3. The van der Waals surface area contributed by atoms with E-state index in [0.29, 0.717) is 23.4 Å². The second kappa shape index (κ2) is 11.1. The summed E-state index contributed by atoms with van der Waals surface area (Å²) in [7, 11) is 2.15. The number of carbonyl (C=O) groups is 1. The van der Waals surface area contributed by atoms with Gasteiger partial charge in [-0.1, -0.05) is 30.3 Å². The fourth-order valence-corrected chi connectivity index (χ4v) is 4.06. The lowest BCUT2D eigenvalue weighted by Crippen LogP contribution is -2.43. The number of hydrogen-bond donors (Lipinski definition) is 2. The number of piperazine rings is 1. The summed E-state index contributed by atoms with van der Waals surface area (Å²) in [5, 5.41) is 17.3. The van der Waals surface area contributed by atoms with Crippen LogP contribution in [0.15, 0.2) is 66.7 Å². The van der Waals surface area contributed by atoms with Gasteiger partial charge in [-0.2, -0.15) is 0 Å². The Bertz CT molecular complexity index is 1170. The molecule has 1 aliphatic heterocycles.